The second kappa shape index (κ2) is 9.15. The van der Waals surface area contributed by atoms with E-state index in [0.29, 0.717) is 28.7 Å². The number of cyclic esters (lactones) is 1. The maximum Gasteiger partial charge on any atom is 0.471 e. The highest BCUT2D eigenvalue weighted by atomic mass is 19.4. The van der Waals surface area contributed by atoms with Gasteiger partial charge in [-0.1, -0.05) is 17.7 Å². The number of allylic oxidation sites excluding steroid dienone is 3. The van der Waals surface area contributed by atoms with Crippen LogP contribution in [0.25, 0.3) is 0 Å². The second-order valence-corrected chi connectivity index (χ2v) is 6.98. The van der Waals surface area contributed by atoms with Gasteiger partial charge in [0.2, 0.25) is 0 Å². The Kier molecular flexibility index (Phi) is 7.07. The van der Waals surface area contributed by atoms with E-state index in [1.807, 2.05) is 5.32 Å². The van der Waals surface area contributed by atoms with Gasteiger partial charge in [-0.05, 0) is 49.8 Å². The average Bonchev–Trinajstić information content (AvgIpc) is 3.04. The Morgan fingerprint density at radius 2 is 1.90 bits per heavy atom. The molecule has 1 aromatic carbocycles. The molecule has 0 saturated carbocycles. The SMILES string of the molecule is C=CCc1c(C)c2c(c(NC(=O)C(F)(F)F)c1CC=C(C)CCC(=O)O)C(=O)OC2. The zero-order valence-corrected chi connectivity index (χ0v) is 16.6. The third kappa shape index (κ3) is 5.08. The molecule has 0 saturated heterocycles. The molecule has 1 amide bonds. The second-order valence-electron chi connectivity index (χ2n) is 6.98. The number of nitrogens with one attached hydrogen (secondary N) is 1. The molecule has 0 unspecified atom stereocenters. The van der Waals surface area contributed by atoms with Gasteiger partial charge in [0.15, 0.2) is 0 Å². The van der Waals surface area contributed by atoms with E-state index in [4.69, 9.17) is 9.84 Å². The summed E-state index contributed by atoms with van der Waals surface area (Å²) in [5.74, 6) is -3.96. The molecule has 6 nitrogen and oxygen atoms in total. The molecular formula is C21H22F3NO5. The molecule has 0 bridgehead atoms. The van der Waals surface area contributed by atoms with Crippen LogP contribution in [-0.4, -0.2) is 29.1 Å². The number of hydrogen-bond acceptors (Lipinski definition) is 4. The van der Waals surface area contributed by atoms with Crippen LogP contribution in [0.15, 0.2) is 24.3 Å². The number of benzene rings is 1. The average molecular weight is 425 g/mol. The summed E-state index contributed by atoms with van der Waals surface area (Å²) >= 11 is 0. The van der Waals surface area contributed by atoms with Crippen molar-refractivity contribution in [3.8, 4) is 0 Å². The number of ether oxygens (including phenoxy) is 1. The van der Waals surface area contributed by atoms with Gasteiger partial charge < -0.3 is 15.2 Å². The lowest BCUT2D eigenvalue weighted by Gasteiger charge is -2.20. The van der Waals surface area contributed by atoms with Gasteiger partial charge in [0.05, 0.1) is 11.3 Å². The standard InChI is InChI=1S/C21H22F3NO5/c1-4-5-13-12(3)15-10-30-19(28)17(15)18(25-20(29)21(22,23)24)14(13)8-6-11(2)7-9-16(26)27/h4,6H,1,5,7-10H2,2-3H3,(H,25,29)(H,26,27). The van der Waals surface area contributed by atoms with E-state index in [-0.39, 0.29) is 37.1 Å². The predicted molar refractivity (Wildman–Crippen MR) is 103 cm³/mol. The summed E-state index contributed by atoms with van der Waals surface area (Å²) in [5, 5.41) is 10.7. The van der Waals surface area contributed by atoms with Gasteiger partial charge >= 0.3 is 24.0 Å². The fourth-order valence-corrected chi connectivity index (χ4v) is 3.31. The van der Waals surface area contributed by atoms with E-state index in [0.717, 1.165) is 5.57 Å². The predicted octanol–water partition coefficient (Wildman–Crippen LogP) is 4.25. The van der Waals surface area contributed by atoms with Gasteiger partial charge in [0, 0.05) is 12.0 Å². The van der Waals surface area contributed by atoms with Crippen molar-refractivity contribution in [3.63, 3.8) is 0 Å². The lowest BCUT2D eigenvalue weighted by atomic mass is 9.87. The van der Waals surface area contributed by atoms with Crippen molar-refractivity contribution in [2.45, 2.75) is 52.3 Å². The van der Waals surface area contributed by atoms with E-state index < -0.39 is 24.0 Å². The van der Waals surface area contributed by atoms with Crippen LogP contribution >= 0.6 is 0 Å². The van der Waals surface area contributed by atoms with Crippen molar-refractivity contribution >= 4 is 23.5 Å². The Bertz CT molecular complexity index is 932. The molecule has 1 aliphatic heterocycles. The number of esters is 1. The first-order valence-electron chi connectivity index (χ1n) is 9.18. The Hall–Kier alpha value is -3.10. The van der Waals surface area contributed by atoms with Crippen molar-refractivity contribution < 1.29 is 37.4 Å². The molecule has 1 heterocycles. The number of hydrogen-bond donors (Lipinski definition) is 2. The number of rotatable bonds is 8. The van der Waals surface area contributed by atoms with Crippen LogP contribution in [-0.2, 0) is 33.8 Å². The molecule has 2 N–H and O–H groups in total. The summed E-state index contributed by atoms with van der Waals surface area (Å²) < 4.78 is 43.8. The van der Waals surface area contributed by atoms with Crippen LogP contribution in [0.4, 0.5) is 18.9 Å². The maximum atomic E-state index is 12.9. The fraction of sp³-hybridized carbons (Fsp3) is 0.381. The highest BCUT2D eigenvalue weighted by Gasteiger charge is 2.41. The zero-order chi connectivity index (χ0) is 22.6. The summed E-state index contributed by atoms with van der Waals surface area (Å²) in [6.45, 7) is 7.03. The van der Waals surface area contributed by atoms with Crippen LogP contribution < -0.4 is 5.32 Å². The van der Waals surface area contributed by atoms with E-state index in [9.17, 15) is 27.6 Å². The van der Waals surface area contributed by atoms with Crippen LogP contribution in [0.3, 0.4) is 0 Å². The zero-order valence-electron chi connectivity index (χ0n) is 16.6. The van der Waals surface area contributed by atoms with Gasteiger partial charge in [0.25, 0.3) is 0 Å². The third-order valence-corrected chi connectivity index (χ3v) is 4.91. The minimum atomic E-state index is -5.14. The van der Waals surface area contributed by atoms with Crippen LogP contribution in [0, 0.1) is 6.92 Å². The fourth-order valence-electron chi connectivity index (χ4n) is 3.31. The first kappa shape index (κ1) is 23.2. The van der Waals surface area contributed by atoms with Gasteiger partial charge in [-0.3, -0.25) is 9.59 Å². The molecule has 30 heavy (non-hydrogen) atoms. The van der Waals surface area contributed by atoms with Crippen molar-refractivity contribution in [2.24, 2.45) is 0 Å². The quantitative estimate of drug-likeness (QED) is 0.480. The third-order valence-electron chi connectivity index (χ3n) is 4.91. The van der Waals surface area contributed by atoms with E-state index >= 15 is 0 Å². The minimum Gasteiger partial charge on any atom is -0.481 e. The van der Waals surface area contributed by atoms with E-state index in [2.05, 4.69) is 6.58 Å². The minimum absolute atomic E-state index is 0.0792. The number of alkyl halides is 3. The molecule has 162 valence electrons. The number of halogens is 3. The molecule has 0 spiro atoms. The van der Waals surface area contributed by atoms with Crippen molar-refractivity contribution in [1.29, 1.82) is 0 Å². The van der Waals surface area contributed by atoms with Gasteiger partial charge in [-0.25, -0.2) is 4.79 Å². The molecule has 0 radical (unpaired) electrons. The molecular weight excluding hydrogens is 403 g/mol. The normalized spacial score (nSPS) is 13.6. The molecule has 0 fully saturated rings. The molecule has 9 heteroatoms. The number of carboxylic acids is 1. The summed E-state index contributed by atoms with van der Waals surface area (Å²) in [7, 11) is 0. The lowest BCUT2D eigenvalue weighted by molar-refractivity contribution is -0.167. The smallest absolute Gasteiger partial charge is 0.471 e. The van der Waals surface area contributed by atoms with Crippen LogP contribution in [0.5, 0.6) is 0 Å². The molecule has 2 rings (SSSR count). The largest absolute Gasteiger partial charge is 0.481 e. The topological polar surface area (TPSA) is 92.7 Å². The summed E-state index contributed by atoms with van der Waals surface area (Å²) in [6, 6.07) is 0. The number of carbonyl (C=O) groups is 3. The number of fused-ring (bicyclic) bond motifs is 1. The monoisotopic (exact) mass is 425 g/mol. The Morgan fingerprint density at radius 3 is 2.47 bits per heavy atom. The van der Waals surface area contributed by atoms with Crippen LogP contribution in [0.1, 0.15) is 52.4 Å². The molecule has 0 atom stereocenters. The van der Waals surface area contributed by atoms with E-state index in [1.54, 1.807) is 26.0 Å². The maximum absolute atomic E-state index is 12.9. The molecule has 1 aliphatic rings. The van der Waals surface area contributed by atoms with Gasteiger partial charge in [-0.15, -0.1) is 6.58 Å². The highest BCUT2D eigenvalue weighted by molar-refractivity contribution is 6.06. The summed E-state index contributed by atoms with van der Waals surface area (Å²) in [6.07, 6.45) is -1.30. The van der Waals surface area contributed by atoms with Crippen molar-refractivity contribution in [2.75, 3.05) is 5.32 Å². The van der Waals surface area contributed by atoms with Gasteiger partial charge in [-0.2, -0.15) is 13.2 Å². The van der Waals surface area contributed by atoms with Gasteiger partial charge in [0.1, 0.15) is 6.61 Å². The van der Waals surface area contributed by atoms with E-state index in [1.165, 1.54) is 0 Å². The number of amides is 1. The Balaban J connectivity index is 2.62. The summed E-state index contributed by atoms with van der Waals surface area (Å²) in [4.78, 5) is 34.7. The lowest BCUT2D eigenvalue weighted by Crippen LogP contribution is -2.31. The molecule has 0 aromatic heterocycles. The molecule has 0 aliphatic carbocycles. The first-order chi connectivity index (χ1) is 14.0. The number of anilines is 1. The molecule has 1 aromatic rings. The first-order valence-corrected chi connectivity index (χ1v) is 9.18. The van der Waals surface area contributed by atoms with Crippen molar-refractivity contribution in [1.82, 2.24) is 0 Å². The number of carbonyl (C=O) groups excluding carboxylic acids is 2. The number of carboxylic acid groups (broad SMARTS) is 1. The Labute approximate surface area is 171 Å². The highest BCUT2D eigenvalue weighted by Crippen LogP contribution is 2.38. The van der Waals surface area contributed by atoms with Crippen molar-refractivity contribution in [3.05, 3.63) is 52.1 Å². The summed E-state index contributed by atoms with van der Waals surface area (Å²) in [5.41, 5.74) is 2.52. The van der Waals surface area contributed by atoms with Crippen LogP contribution in [0.2, 0.25) is 0 Å². The number of aliphatic carboxylic acids is 1. The Morgan fingerprint density at radius 1 is 1.23 bits per heavy atom.